The second-order valence-electron chi connectivity index (χ2n) is 7.18. The third kappa shape index (κ3) is 5.77. The maximum absolute atomic E-state index is 11.8. The Hall–Kier alpha value is -1.14. The van der Waals surface area contributed by atoms with E-state index < -0.39 is 5.60 Å². The Bertz CT molecular complexity index is 485. The van der Waals surface area contributed by atoms with Crippen LogP contribution in [-0.2, 0) is 4.74 Å². The predicted molar refractivity (Wildman–Crippen MR) is 93.6 cm³/mol. The number of thiazole rings is 1. The maximum atomic E-state index is 11.8. The summed E-state index contributed by atoms with van der Waals surface area (Å²) in [6.45, 7) is 8.49. The number of hydrogen-bond acceptors (Lipinski definition) is 5. The molecule has 0 spiro atoms. The minimum absolute atomic E-state index is 0.308. The molecule has 3 atom stereocenters. The molecule has 1 saturated carbocycles. The Balaban J connectivity index is 1.84. The fourth-order valence-corrected chi connectivity index (χ4v) is 3.84. The number of nitrogens with zero attached hydrogens (tertiary/aromatic N) is 1. The molecule has 130 valence electrons. The lowest BCUT2D eigenvalue weighted by atomic mass is 10.0. The van der Waals surface area contributed by atoms with Gasteiger partial charge in [-0.15, -0.1) is 11.3 Å². The smallest absolute Gasteiger partial charge is 0.407 e. The molecule has 5 nitrogen and oxygen atoms in total. The highest BCUT2D eigenvalue weighted by molar-refractivity contribution is 7.09. The largest absolute Gasteiger partial charge is 0.444 e. The molecule has 2 rings (SSSR count). The van der Waals surface area contributed by atoms with Crippen molar-refractivity contribution in [1.82, 2.24) is 15.6 Å². The van der Waals surface area contributed by atoms with E-state index in [1.807, 2.05) is 32.3 Å². The lowest BCUT2D eigenvalue weighted by Gasteiger charge is -2.26. The van der Waals surface area contributed by atoms with Gasteiger partial charge in [0.2, 0.25) is 0 Å². The van der Waals surface area contributed by atoms with E-state index in [1.165, 1.54) is 6.42 Å². The molecule has 2 N–H and O–H groups in total. The minimum Gasteiger partial charge on any atom is -0.444 e. The fourth-order valence-electron chi connectivity index (χ4n) is 3.06. The molecule has 1 heterocycles. The maximum Gasteiger partial charge on any atom is 0.407 e. The van der Waals surface area contributed by atoms with Gasteiger partial charge in [0.05, 0.1) is 6.04 Å². The SMILES string of the molecule is CCC(NC1CCCC1CNC(=O)OC(C)(C)C)c1nccs1. The summed E-state index contributed by atoms with van der Waals surface area (Å²) in [5, 5.41) is 9.84. The molecule has 1 aromatic heterocycles. The normalized spacial score (nSPS) is 22.8. The van der Waals surface area contributed by atoms with Crippen molar-refractivity contribution in [2.75, 3.05) is 6.54 Å². The molecule has 0 aromatic carbocycles. The van der Waals surface area contributed by atoms with Crippen LogP contribution in [0.2, 0.25) is 0 Å². The molecule has 0 radical (unpaired) electrons. The molecule has 6 heteroatoms. The highest BCUT2D eigenvalue weighted by atomic mass is 32.1. The summed E-state index contributed by atoms with van der Waals surface area (Å²) in [4.78, 5) is 16.3. The van der Waals surface area contributed by atoms with Crippen molar-refractivity contribution in [1.29, 1.82) is 0 Å². The number of ether oxygens (including phenoxy) is 1. The van der Waals surface area contributed by atoms with Crippen molar-refractivity contribution in [2.24, 2.45) is 5.92 Å². The first-order valence-electron chi connectivity index (χ1n) is 8.51. The van der Waals surface area contributed by atoms with Gasteiger partial charge in [-0.2, -0.15) is 0 Å². The molecular formula is C17H29N3O2S. The lowest BCUT2D eigenvalue weighted by molar-refractivity contribution is 0.0517. The van der Waals surface area contributed by atoms with Crippen LogP contribution < -0.4 is 10.6 Å². The standard InChI is InChI=1S/C17H29N3O2S/c1-5-13(15-18-9-10-23-15)20-14-8-6-7-12(14)11-19-16(21)22-17(2,3)4/h9-10,12-14,20H,5-8,11H2,1-4H3,(H,19,21). The van der Waals surface area contributed by atoms with Crippen molar-refractivity contribution < 1.29 is 9.53 Å². The molecule has 1 fully saturated rings. The van der Waals surface area contributed by atoms with Crippen LogP contribution in [0.5, 0.6) is 0 Å². The van der Waals surface area contributed by atoms with Gasteiger partial charge in [0, 0.05) is 24.2 Å². The Labute approximate surface area is 143 Å². The molecule has 1 aliphatic rings. The van der Waals surface area contributed by atoms with Gasteiger partial charge in [-0.1, -0.05) is 13.3 Å². The van der Waals surface area contributed by atoms with Crippen LogP contribution in [0.1, 0.15) is 64.4 Å². The van der Waals surface area contributed by atoms with Gasteiger partial charge in [-0.3, -0.25) is 0 Å². The van der Waals surface area contributed by atoms with Crippen molar-refractivity contribution in [3.8, 4) is 0 Å². The third-order valence-electron chi connectivity index (χ3n) is 4.14. The van der Waals surface area contributed by atoms with E-state index in [2.05, 4.69) is 22.5 Å². The van der Waals surface area contributed by atoms with Gasteiger partial charge < -0.3 is 15.4 Å². The summed E-state index contributed by atoms with van der Waals surface area (Å²) in [7, 11) is 0. The molecule has 0 bridgehead atoms. The average molecular weight is 340 g/mol. The number of nitrogens with one attached hydrogen (secondary N) is 2. The van der Waals surface area contributed by atoms with Crippen molar-refractivity contribution in [3.63, 3.8) is 0 Å². The monoisotopic (exact) mass is 339 g/mol. The number of carbonyl (C=O) groups excluding carboxylic acids is 1. The molecule has 1 amide bonds. The first kappa shape index (κ1) is 18.2. The van der Waals surface area contributed by atoms with Gasteiger partial charge in [-0.25, -0.2) is 9.78 Å². The van der Waals surface area contributed by atoms with Crippen LogP contribution in [0.3, 0.4) is 0 Å². The minimum atomic E-state index is -0.449. The van der Waals surface area contributed by atoms with Crippen molar-refractivity contribution in [3.05, 3.63) is 16.6 Å². The van der Waals surface area contributed by atoms with E-state index in [0.717, 1.165) is 24.3 Å². The molecule has 3 unspecified atom stereocenters. The Morgan fingerprint density at radius 1 is 1.48 bits per heavy atom. The summed E-state index contributed by atoms with van der Waals surface area (Å²) in [6.07, 6.45) is 6.06. The van der Waals surface area contributed by atoms with Gasteiger partial charge in [0.15, 0.2) is 0 Å². The first-order chi connectivity index (χ1) is 10.9. The van der Waals surface area contributed by atoms with Gasteiger partial charge >= 0.3 is 6.09 Å². The van der Waals surface area contributed by atoms with Crippen LogP contribution in [0.15, 0.2) is 11.6 Å². The fraction of sp³-hybridized carbons (Fsp3) is 0.765. The zero-order valence-electron chi connectivity index (χ0n) is 14.6. The molecule has 1 aliphatic carbocycles. The molecule has 1 aromatic rings. The number of aromatic nitrogens is 1. The Morgan fingerprint density at radius 2 is 2.26 bits per heavy atom. The van der Waals surface area contributed by atoms with Crippen LogP contribution in [-0.4, -0.2) is 29.3 Å². The highest BCUT2D eigenvalue weighted by Gasteiger charge is 2.30. The number of alkyl carbamates (subject to hydrolysis) is 1. The number of hydrogen-bond donors (Lipinski definition) is 2. The van der Waals surface area contributed by atoms with Crippen molar-refractivity contribution >= 4 is 17.4 Å². The average Bonchev–Trinajstić information content (AvgIpc) is 3.12. The molecule has 0 saturated heterocycles. The van der Waals surface area contributed by atoms with E-state index in [-0.39, 0.29) is 6.09 Å². The summed E-state index contributed by atoms with van der Waals surface area (Å²) in [5.41, 5.74) is -0.449. The highest BCUT2D eigenvalue weighted by Crippen LogP contribution is 2.29. The third-order valence-corrected chi connectivity index (χ3v) is 5.03. The van der Waals surface area contributed by atoms with E-state index >= 15 is 0 Å². The number of rotatable bonds is 6. The zero-order chi connectivity index (χ0) is 16.9. The van der Waals surface area contributed by atoms with Gasteiger partial charge in [0.1, 0.15) is 10.6 Å². The van der Waals surface area contributed by atoms with Crippen LogP contribution in [0, 0.1) is 5.92 Å². The molecule has 0 aliphatic heterocycles. The topological polar surface area (TPSA) is 63.2 Å². The van der Waals surface area contributed by atoms with Crippen LogP contribution in [0.25, 0.3) is 0 Å². The summed E-state index contributed by atoms with van der Waals surface area (Å²) < 4.78 is 5.32. The number of carbonyl (C=O) groups is 1. The van der Waals surface area contributed by atoms with E-state index in [0.29, 0.717) is 24.5 Å². The van der Waals surface area contributed by atoms with Crippen LogP contribution in [0.4, 0.5) is 4.79 Å². The quantitative estimate of drug-likeness (QED) is 0.825. The lowest BCUT2D eigenvalue weighted by Crippen LogP contribution is -2.42. The Kier molecular flexibility index (Phi) is 6.41. The molecule has 23 heavy (non-hydrogen) atoms. The van der Waals surface area contributed by atoms with Gasteiger partial charge in [0.25, 0.3) is 0 Å². The summed E-state index contributed by atoms with van der Waals surface area (Å²) in [5.74, 6) is 0.455. The van der Waals surface area contributed by atoms with Gasteiger partial charge in [-0.05, 0) is 46.0 Å². The first-order valence-corrected chi connectivity index (χ1v) is 9.39. The summed E-state index contributed by atoms with van der Waals surface area (Å²) >= 11 is 1.70. The Morgan fingerprint density at radius 3 is 2.87 bits per heavy atom. The molecular weight excluding hydrogens is 310 g/mol. The van der Waals surface area contributed by atoms with E-state index in [1.54, 1.807) is 11.3 Å². The second kappa shape index (κ2) is 8.11. The number of amides is 1. The van der Waals surface area contributed by atoms with Crippen LogP contribution >= 0.6 is 11.3 Å². The van der Waals surface area contributed by atoms with E-state index in [9.17, 15) is 4.79 Å². The second-order valence-corrected chi connectivity index (χ2v) is 8.10. The predicted octanol–water partition coefficient (Wildman–Crippen LogP) is 3.88. The van der Waals surface area contributed by atoms with E-state index in [4.69, 9.17) is 4.74 Å². The van der Waals surface area contributed by atoms with Crippen molar-refractivity contribution in [2.45, 2.75) is 71.1 Å². The summed E-state index contributed by atoms with van der Waals surface area (Å²) in [6, 6.07) is 0.737. The zero-order valence-corrected chi connectivity index (χ0v) is 15.4.